The maximum Gasteiger partial charge on any atom is 0.191 e. The molecule has 0 radical (unpaired) electrons. The van der Waals surface area contributed by atoms with Crippen molar-refractivity contribution in [2.75, 3.05) is 31.1 Å². The molecule has 1 aliphatic rings. The van der Waals surface area contributed by atoms with Crippen LogP contribution in [-0.2, 0) is 6.54 Å². The lowest BCUT2D eigenvalue weighted by Gasteiger charge is -2.36. The average Bonchev–Trinajstić information content (AvgIpc) is 3.14. The van der Waals surface area contributed by atoms with Gasteiger partial charge in [-0.15, -0.1) is 0 Å². The molecule has 0 amide bonds. The van der Waals surface area contributed by atoms with Crippen LogP contribution in [0.5, 0.6) is 0 Å². The molecule has 3 aromatic rings. The fourth-order valence-corrected chi connectivity index (χ4v) is 3.48. The van der Waals surface area contributed by atoms with Gasteiger partial charge in [-0.25, -0.2) is 14.1 Å². The van der Waals surface area contributed by atoms with Gasteiger partial charge in [0.05, 0.1) is 17.9 Å². The van der Waals surface area contributed by atoms with Crippen molar-refractivity contribution in [3.8, 4) is 5.69 Å². The summed E-state index contributed by atoms with van der Waals surface area (Å²) < 4.78 is 15.0. The Morgan fingerprint density at radius 3 is 2.38 bits per heavy atom. The summed E-state index contributed by atoms with van der Waals surface area (Å²) in [4.78, 5) is 8.92. The highest BCUT2D eigenvalue weighted by atomic mass is 19.1. The first-order chi connectivity index (χ1) is 14.1. The Hall–Kier alpha value is -3.35. The fraction of sp³-hybridized carbons (Fsp3) is 0.273. The third-order valence-electron chi connectivity index (χ3n) is 5.23. The summed E-state index contributed by atoms with van der Waals surface area (Å²) in [5.41, 5.74) is 10.3. The van der Waals surface area contributed by atoms with Crippen molar-refractivity contribution in [2.45, 2.75) is 13.5 Å². The minimum Gasteiger partial charge on any atom is -0.370 e. The van der Waals surface area contributed by atoms with E-state index in [1.54, 1.807) is 0 Å². The fourth-order valence-electron chi connectivity index (χ4n) is 3.48. The van der Waals surface area contributed by atoms with Crippen molar-refractivity contribution in [3.63, 3.8) is 0 Å². The third kappa shape index (κ3) is 4.39. The van der Waals surface area contributed by atoms with Crippen LogP contribution >= 0.6 is 0 Å². The van der Waals surface area contributed by atoms with E-state index < -0.39 is 0 Å². The molecule has 2 N–H and O–H groups in total. The molecular weight excluding hydrogens is 367 g/mol. The predicted molar refractivity (Wildman–Crippen MR) is 114 cm³/mol. The van der Waals surface area contributed by atoms with Crippen LogP contribution in [-0.4, -0.2) is 46.8 Å². The van der Waals surface area contributed by atoms with Gasteiger partial charge in [0, 0.05) is 43.6 Å². The highest BCUT2D eigenvalue weighted by Gasteiger charge is 2.18. The van der Waals surface area contributed by atoms with E-state index in [2.05, 4.69) is 19.9 Å². The van der Waals surface area contributed by atoms with Crippen LogP contribution in [0.4, 0.5) is 10.1 Å². The maximum absolute atomic E-state index is 13.1. The van der Waals surface area contributed by atoms with E-state index >= 15 is 0 Å². The Kier molecular flexibility index (Phi) is 5.46. The SMILES string of the molecule is Cc1nn(-c2ccccc2)cc1CN=C(N)N1CCN(c2ccc(F)cc2)CC1. The summed E-state index contributed by atoms with van der Waals surface area (Å²) in [5.74, 6) is 0.338. The molecule has 150 valence electrons. The van der Waals surface area contributed by atoms with Crippen LogP contribution < -0.4 is 10.6 Å². The van der Waals surface area contributed by atoms with Crippen molar-refractivity contribution in [3.05, 3.63) is 77.9 Å². The van der Waals surface area contributed by atoms with E-state index in [4.69, 9.17) is 5.73 Å². The lowest BCUT2D eigenvalue weighted by Crippen LogP contribution is -2.51. The van der Waals surface area contributed by atoms with Crippen molar-refractivity contribution in [2.24, 2.45) is 10.7 Å². The molecule has 1 aliphatic heterocycles. The van der Waals surface area contributed by atoms with E-state index in [0.717, 1.165) is 48.8 Å². The molecule has 29 heavy (non-hydrogen) atoms. The molecule has 0 aliphatic carbocycles. The number of rotatable bonds is 4. The number of hydrogen-bond donors (Lipinski definition) is 1. The van der Waals surface area contributed by atoms with Gasteiger partial charge in [0.1, 0.15) is 5.82 Å². The number of guanidine groups is 1. The quantitative estimate of drug-likeness (QED) is 0.548. The van der Waals surface area contributed by atoms with Crippen molar-refractivity contribution in [1.29, 1.82) is 0 Å². The number of para-hydroxylation sites is 1. The van der Waals surface area contributed by atoms with Crippen LogP contribution in [0.1, 0.15) is 11.3 Å². The number of anilines is 1. The van der Waals surface area contributed by atoms with Crippen LogP contribution in [0, 0.1) is 12.7 Å². The Balaban J connectivity index is 1.36. The van der Waals surface area contributed by atoms with E-state index in [1.165, 1.54) is 12.1 Å². The lowest BCUT2D eigenvalue weighted by molar-refractivity contribution is 0.380. The number of halogens is 1. The Morgan fingerprint density at radius 1 is 1.00 bits per heavy atom. The first-order valence-corrected chi connectivity index (χ1v) is 9.76. The number of piperazine rings is 1. The van der Waals surface area contributed by atoms with Gasteiger partial charge in [-0.05, 0) is 43.3 Å². The zero-order valence-electron chi connectivity index (χ0n) is 16.5. The van der Waals surface area contributed by atoms with Crippen molar-refractivity contribution >= 4 is 11.6 Å². The van der Waals surface area contributed by atoms with Gasteiger partial charge in [0.2, 0.25) is 0 Å². The Bertz CT molecular complexity index is 972. The van der Waals surface area contributed by atoms with E-state index in [0.29, 0.717) is 12.5 Å². The van der Waals surface area contributed by atoms with Gasteiger partial charge in [0.15, 0.2) is 5.96 Å². The van der Waals surface area contributed by atoms with Crippen LogP contribution in [0.25, 0.3) is 5.69 Å². The monoisotopic (exact) mass is 392 g/mol. The van der Waals surface area contributed by atoms with Crippen LogP contribution in [0.3, 0.4) is 0 Å². The summed E-state index contributed by atoms with van der Waals surface area (Å²) in [6, 6.07) is 16.6. The Morgan fingerprint density at radius 2 is 1.69 bits per heavy atom. The van der Waals surface area contributed by atoms with Gasteiger partial charge in [-0.2, -0.15) is 5.10 Å². The highest BCUT2D eigenvalue weighted by molar-refractivity contribution is 5.78. The van der Waals surface area contributed by atoms with Gasteiger partial charge >= 0.3 is 0 Å². The lowest BCUT2D eigenvalue weighted by atomic mass is 10.2. The normalized spacial score (nSPS) is 15.0. The molecule has 0 saturated carbocycles. The third-order valence-corrected chi connectivity index (χ3v) is 5.23. The zero-order valence-corrected chi connectivity index (χ0v) is 16.5. The molecule has 4 rings (SSSR count). The first kappa shape index (κ1) is 19.0. The molecule has 2 heterocycles. The molecule has 0 spiro atoms. The second-order valence-corrected chi connectivity index (χ2v) is 7.14. The van der Waals surface area contributed by atoms with E-state index in [1.807, 2.05) is 60.3 Å². The molecule has 7 heteroatoms. The standard InChI is InChI=1S/C22H25FN6/c1-17-18(16-29(26-17)21-5-3-2-4-6-21)15-25-22(24)28-13-11-27(12-14-28)20-9-7-19(23)8-10-20/h2-10,16H,11-15H2,1H3,(H2,24,25). The topological polar surface area (TPSA) is 62.7 Å². The van der Waals surface area contributed by atoms with Gasteiger partial charge in [-0.1, -0.05) is 18.2 Å². The summed E-state index contributed by atoms with van der Waals surface area (Å²) >= 11 is 0. The second-order valence-electron chi connectivity index (χ2n) is 7.14. The van der Waals surface area contributed by atoms with Gasteiger partial charge in [0.25, 0.3) is 0 Å². The summed E-state index contributed by atoms with van der Waals surface area (Å²) in [6.45, 7) is 5.72. The van der Waals surface area contributed by atoms with Crippen molar-refractivity contribution < 1.29 is 4.39 Å². The minimum absolute atomic E-state index is 0.213. The number of aryl methyl sites for hydroxylation is 1. The molecule has 1 fully saturated rings. The maximum atomic E-state index is 13.1. The number of benzene rings is 2. The number of aliphatic imine (C=N–C) groups is 1. The summed E-state index contributed by atoms with van der Waals surface area (Å²) in [5, 5.41) is 4.58. The average molecular weight is 392 g/mol. The molecule has 6 nitrogen and oxygen atoms in total. The summed E-state index contributed by atoms with van der Waals surface area (Å²) in [6.07, 6.45) is 2.01. The predicted octanol–water partition coefficient (Wildman–Crippen LogP) is 2.96. The molecule has 0 unspecified atom stereocenters. The molecule has 2 aromatic carbocycles. The minimum atomic E-state index is -0.213. The highest BCUT2D eigenvalue weighted by Crippen LogP contribution is 2.17. The molecule has 1 saturated heterocycles. The van der Waals surface area contributed by atoms with Crippen LogP contribution in [0.15, 0.2) is 65.8 Å². The van der Waals surface area contributed by atoms with E-state index in [-0.39, 0.29) is 5.82 Å². The number of hydrogen-bond acceptors (Lipinski definition) is 3. The first-order valence-electron chi connectivity index (χ1n) is 9.76. The molecule has 0 bridgehead atoms. The summed E-state index contributed by atoms with van der Waals surface area (Å²) in [7, 11) is 0. The number of aromatic nitrogens is 2. The number of nitrogens with two attached hydrogens (primary N) is 1. The second kappa shape index (κ2) is 8.34. The van der Waals surface area contributed by atoms with Gasteiger partial charge < -0.3 is 15.5 Å². The Labute approximate surface area is 170 Å². The van der Waals surface area contributed by atoms with Crippen molar-refractivity contribution in [1.82, 2.24) is 14.7 Å². The molecule has 1 aromatic heterocycles. The largest absolute Gasteiger partial charge is 0.370 e. The molecular formula is C22H25FN6. The molecule has 0 atom stereocenters. The smallest absolute Gasteiger partial charge is 0.191 e. The van der Waals surface area contributed by atoms with Gasteiger partial charge in [-0.3, -0.25) is 0 Å². The number of nitrogens with zero attached hydrogens (tertiary/aromatic N) is 5. The zero-order chi connectivity index (χ0) is 20.2. The van der Waals surface area contributed by atoms with Crippen LogP contribution in [0.2, 0.25) is 0 Å². The van der Waals surface area contributed by atoms with E-state index in [9.17, 15) is 4.39 Å².